The molecule has 0 saturated heterocycles. The molecule has 3 rings (SSSR count). The number of fused-ring (bicyclic) bond motifs is 1. The zero-order chi connectivity index (χ0) is 22.5. The topological polar surface area (TPSA) is 86.8 Å². The number of halogens is 1. The Labute approximate surface area is 186 Å². The van der Waals surface area contributed by atoms with Crippen LogP contribution in [-0.2, 0) is 16.1 Å². The molecular weight excluding hydrogens is 418 g/mol. The van der Waals surface area contributed by atoms with E-state index >= 15 is 0 Å². The van der Waals surface area contributed by atoms with E-state index in [2.05, 4.69) is 5.32 Å². The van der Waals surface area contributed by atoms with E-state index in [4.69, 9.17) is 11.6 Å². The number of carbonyl (C=O) groups excluding carboxylic acids is 4. The molecule has 4 amide bonds. The second-order valence-electron chi connectivity index (χ2n) is 7.35. The lowest BCUT2D eigenvalue weighted by molar-refractivity contribution is -0.140. The number of nitrogens with one attached hydrogen (secondary N) is 1. The van der Waals surface area contributed by atoms with Crippen LogP contribution in [0.1, 0.15) is 46.0 Å². The van der Waals surface area contributed by atoms with Crippen LogP contribution in [0.4, 0.5) is 0 Å². The molecular formula is C23H24ClN3O4. The normalized spacial score (nSPS) is 13.7. The predicted octanol–water partition coefficient (Wildman–Crippen LogP) is 2.88. The fourth-order valence-corrected chi connectivity index (χ4v) is 3.68. The summed E-state index contributed by atoms with van der Waals surface area (Å²) in [4.78, 5) is 52.7. The van der Waals surface area contributed by atoms with E-state index in [0.29, 0.717) is 22.6 Å². The molecule has 0 fully saturated rings. The Bertz CT molecular complexity index is 971. The van der Waals surface area contributed by atoms with Crippen molar-refractivity contribution < 1.29 is 19.2 Å². The second-order valence-corrected chi connectivity index (χ2v) is 7.79. The monoisotopic (exact) mass is 441 g/mol. The molecule has 162 valence electrons. The number of imide groups is 1. The smallest absolute Gasteiger partial charge is 0.261 e. The van der Waals surface area contributed by atoms with Crippen molar-refractivity contribution in [2.45, 2.75) is 32.4 Å². The van der Waals surface area contributed by atoms with Gasteiger partial charge in [-0.2, -0.15) is 0 Å². The molecule has 0 aliphatic carbocycles. The summed E-state index contributed by atoms with van der Waals surface area (Å²) in [5.74, 6) is -1.19. The first kappa shape index (κ1) is 22.5. The molecule has 7 nitrogen and oxygen atoms in total. The Balaban J connectivity index is 1.65. The van der Waals surface area contributed by atoms with Crippen molar-refractivity contribution in [1.29, 1.82) is 0 Å². The third kappa shape index (κ3) is 4.94. The third-order valence-electron chi connectivity index (χ3n) is 5.33. The summed E-state index contributed by atoms with van der Waals surface area (Å²) in [5.41, 5.74) is 1.61. The van der Waals surface area contributed by atoms with Gasteiger partial charge in [-0.15, -0.1) is 0 Å². The van der Waals surface area contributed by atoms with Crippen LogP contribution in [0.25, 0.3) is 0 Å². The van der Waals surface area contributed by atoms with Gasteiger partial charge in [0.05, 0.1) is 11.1 Å². The van der Waals surface area contributed by atoms with E-state index in [9.17, 15) is 19.2 Å². The summed E-state index contributed by atoms with van der Waals surface area (Å²) in [6.07, 6.45) is 0.407. The summed E-state index contributed by atoms with van der Waals surface area (Å²) >= 11 is 5.93. The number of rotatable bonds is 8. The Morgan fingerprint density at radius 3 is 2.16 bits per heavy atom. The van der Waals surface area contributed by atoms with Gasteiger partial charge in [0.2, 0.25) is 11.8 Å². The number of amides is 4. The number of nitrogens with zero attached hydrogens (tertiary/aromatic N) is 2. The van der Waals surface area contributed by atoms with Crippen LogP contribution in [-0.4, -0.2) is 53.1 Å². The van der Waals surface area contributed by atoms with Crippen LogP contribution in [0.2, 0.25) is 5.02 Å². The molecule has 0 radical (unpaired) electrons. The van der Waals surface area contributed by atoms with Crippen LogP contribution in [0.3, 0.4) is 0 Å². The van der Waals surface area contributed by atoms with Crippen LogP contribution in [0.5, 0.6) is 0 Å². The highest BCUT2D eigenvalue weighted by Gasteiger charge is 2.35. The Morgan fingerprint density at radius 2 is 1.61 bits per heavy atom. The maximum absolute atomic E-state index is 13.0. The average Bonchev–Trinajstić information content (AvgIpc) is 3.02. The van der Waals surface area contributed by atoms with Gasteiger partial charge in [-0.3, -0.25) is 24.1 Å². The van der Waals surface area contributed by atoms with Gasteiger partial charge in [-0.05, 0) is 43.2 Å². The van der Waals surface area contributed by atoms with E-state index in [-0.39, 0.29) is 43.1 Å². The number of benzene rings is 2. The van der Waals surface area contributed by atoms with Crippen molar-refractivity contribution in [3.05, 3.63) is 70.2 Å². The van der Waals surface area contributed by atoms with Crippen LogP contribution < -0.4 is 5.32 Å². The maximum Gasteiger partial charge on any atom is 0.261 e. The van der Waals surface area contributed by atoms with Crippen molar-refractivity contribution in [3.63, 3.8) is 0 Å². The molecule has 0 bridgehead atoms. The van der Waals surface area contributed by atoms with E-state index in [1.165, 1.54) is 16.8 Å². The van der Waals surface area contributed by atoms with Gasteiger partial charge in [0, 0.05) is 31.6 Å². The molecule has 0 spiro atoms. The molecule has 8 heteroatoms. The van der Waals surface area contributed by atoms with Crippen LogP contribution in [0, 0.1) is 0 Å². The molecule has 2 aromatic rings. The first-order valence-electron chi connectivity index (χ1n) is 10.0. The fraction of sp³-hybridized carbons (Fsp3) is 0.304. The summed E-state index contributed by atoms with van der Waals surface area (Å²) < 4.78 is 0. The van der Waals surface area contributed by atoms with Crippen LogP contribution in [0.15, 0.2) is 48.5 Å². The van der Waals surface area contributed by atoms with Gasteiger partial charge in [0.1, 0.15) is 6.04 Å². The van der Waals surface area contributed by atoms with Gasteiger partial charge < -0.3 is 10.2 Å². The van der Waals surface area contributed by atoms with Gasteiger partial charge in [0.25, 0.3) is 11.8 Å². The largest absolute Gasteiger partial charge is 0.357 e. The predicted molar refractivity (Wildman–Crippen MR) is 117 cm³/mol. The first-order valence-corrected chi connectivity index (χ1v) is 10.4. The highest BCUT2D eigenvalue weighted by atomic mass is 35.5. The zero-order valence-electron chi connectivity index (χ0n) is 17.4. The Hall–Kier alpha value is -3.19. The van der Waals surface area contributed by atoms with Crippen molar-refractivity contribution in [2.24, 2.45) is 0 Å². The molecule has 1 heterocycles. The van der Waals surface area contributed by atoms with E-state index in [0.717, 1.165) is 5.56 Å². The number of hydrogen-bond donors (Lipinski definition) is 1. The molecule has 0 aromatic heterocycles. The second kappa shape index (κ2) is 9.75. The first-order chi connectivity index (χ1) is 14.8. The number of hydrogen-bond acceptors (Lipinski definition) is 4. The van der Waals surface area contributed by atoms with Crippen molar-refractivity contribution in [3.8, 4) is 0 Å². The SMILES string of the molecule is CNC(=O)C(C)N(Cc1ccc(Cl)cc1)C(=O)CCCN1C(=O)c2ccccc2C1=O. The van der Waals surface area contributed by atoms with Gasteiger partial charge >= 0.3 is 0 Å². The minimum Gasteiger partial charge on any atom is -0.357 e. The number of carbonyl (C=O) groups is 4. The summed E-state index contributed by atoms with van der Waals surface area (Å²) in [6.45, 7) is 2.05. The zero-order valence-corrected chi connectivity index (χ0v) is 18.2. The molecule has 1 aliphatic heterocycles. The lowest BCUT2D eigenvalue weighted by Crippen LogP contribution is -2.46. The molecule has 1 unspecified atom stereocenters. The molecule has 1 aliphatic rings. The average molecular weight is 442 g/mol. The summed E-state index contributed by atoms with van der Waals surface area (Å²) in [7, 11) is 1.52. The molecule has 1 N–H and O–H groups in total. The minimum absolute atomic E-state index is 0.0995. The van der Waals surface area contributed by atoms with Gasteiger partial charge in [-0.1, -0.05) is 35.9 Å². The van der Waals surface area contributed by atoms with E-state index in [1.807, 2.05) is 0 Å². The summed E-state index contributed by atoms with van der Waals surface area (Å²) in [6, 6.07) is 13.1. The van der Waals surface area contributed by atoms with E-state index < -0.39 is 6.04 Å². The lowest BCUT2D eigenvalue weighted by Gasteiger charge is -2.28. The minimum atomic E-state index is -0.674. The standard InChI is InChI=1S/C23H24ClN3O4/c1-15(21(29)25-2)27(14-16-9-11-17(24)12-10-16)20(28)8-5-13-26-22(30)18-6-3-4-7-19(18)23(26)31/h3-4,6-7,9-12,15H,5,8,13-14H2,1-2H3,(H,25,29). The molecule has 0 saturated carbocycles. The van der Waals surface area contributed by atoms with E-state index in [1.54, 1.807) is 55.5 Å². The highest BCUT2D eigenvalue weighted by Crippen LogP contribution is 2.23. The van der Waals surface area contributed by atoms with Crippen molar-refractivity contribution in [1.82, 2.24) is 15.1 Å². The third-order valence-corrected chi connectivity index (χ3v) is 5.58. The quantitative estimate of drug-likeness (QED) is 0.638. The summed E-state index contributed by atoms with van der Waals surface area (Å²) in [5, 5.41) is 3.15. The lowest BCUT2D eigenvalue weighted by atomic mass is 10.1. The maximum atomic E-state index is 13.0. The van der Waals surface area contributed by atoms with Crippen molar-refractivity contribution >= 4 is 35.2 Å². The van der Waals surface area contributed by atoms with Gasteiger partial charge in [0.15, 0.2) is 0 Å². The Kier molecular flexibility index (Phi) is 7.07. The van der Waals surface area contributed by atoms with Crippen molar-refractivity contribution in [2.75, 3.05) is 13.6 Å². The fourth-order valence-electron chi connectivity index (χ4n) is 3.55. The highest BCUT2D eigenvalue weighted by molar-refractivity contribution is 6.30. The number of likely N-dealkylation sites (N-methyl/N-ethyl adjacent to an activating group) is 1. The molecule has 2 aromatic carbocycles. The molecule has 31 heavy (non-hydrogen) atoms. The van der Waals surface area contributed by atoms with Crippen LogP contribution >= 0.6 is 11.6 Å². The van der Waals surface area contributed by atoms with Gasteiger partial charge in [-0.25, -0.2) is 0 Å². The molecule has 1 atom stereocenters. The Morgan fingerprint density at radius 1 is 1.03 bits per heavy atom.